The van der Waals surface area contributed by atoms with Crippen molar-refractivity contribution in [3.8, 4) is 0 Å². The minimum atomic E-state index is -0.755. The second kappa shape index (κ2) is 8.12. The lowest BCUT2D eigenvalue weighted by Crippen LogP contribution is -2.39. The number of aromatic nitrogens is 2. The Morgan fingerprint density at radius 3 is 2.93 bits per heavy atom. The number of carbonyl (C=O) groups excluding carboxylic acids is 2. The van der Waals surface area contributed by atoms with Crippen LogP contribution < -0.4 is 21.4 Å². The number of nitrogens with one attached hydrogen (secondary N) is 2. The summed E-state index contributed by atoms with van der Waals surface area (Å²) in [6.07, 6.45) is 3.00. The Hall–Kier alpha value is -3.07. The maximum atomic E-state index is 12.3. The molecule has 0 saturated carbocycles. The van der Waals surface area contributed by atoms with Gasteiger partial charge in [-0.25, -0.2) is 20.1 Å². The summed E-state index contributed by atoms with van der Waals surface area (Å²) in [5.74, 6) is -0.702. The molecule has 0 aliphatic carbocycles. The second-order valence-electron chi connectivity index (χ2n) is 7.20. The van der Waals surface area contributed by atoms with E-state index in [1.54, 1.807) is 25.1 Å². The molecule has 1 fully saturated rings. The van der Waals surface area contributed by atoms with E-state index < -0.39 is 5.97 Å². The average molecular weight is 419 g/mol. The number of urea groups is 1. The molecule has 1 atom stereocenters. The van der Waals surface area contributed by atoms with Crippen molar-refractivity contribution >= 4 is 41.1 Å². The van der Waals surface area contributed by atoms with E-state index in [0.29, 0.717) is 17.3 Å². The van der Waals surface area contributed by atoms with Crippen LogP contribution in [0, 0.1) is 6.92 Å². The zero-order valence-electron chi connectivity index (χ0n) is 16.5. The number of carbonyl (C=O) groups is 2. The van der Waals surface area contributed by atoms with Gasteiger partial charge in [0.15, 0.2) is 0 Å². The van der Waals surface area contributed by atoms with Gasteiger partial charge in [-0.2, -0.15) is 4.98 Å². The number of anilines is 3. The van der Waals surface area contributed by atoms with Crippen LogP contribution in [0.2, 0.25) is 5.02 Å². The molecule has 0 radical (unpaired) electrons. The number of halogens is 1. The van der Waals surface area contributed by atoms with Crippen molar-refractivity contribution in [3.63, 3.8) is 0 Å². The quantitative estimate of drug-likeness (QED) is 0.615. The molecule has 1 saturated heterocycles. The highest BCUT2D eigenvalue weighted by Crippen LogP contribution is 2.26. The number of hydrogen-bond donors (Lipinski definition) is 3. The van der Waals surface area contributed by atoms with Crippen LogP contribution in [0.1, 0.15) is 42.6 Å². The Labute approximate surface area is 173 Å². The van der Waals surface area contributed by atoms with Gasteiger partial charge in [0.25, 0.3) is 0 Å². The molecule has 1 aromatic carbocycles. The van der Waals surface area contributed by atoms with Gasteiger partial charge in [0.2, 0.25) is 5.95 Å². The van der Waals surface area contributed by atoms with Crippen LogP contribution in [-0.4, -0.2) is 34.1 Å². The smallest absolute Gasteiger partial charge is 0.368 e. The molecule has 29 heavy (non-hydrogen) atoms. The van der Waals surface area contributed by atoms with Crippen LogP contribution in [0.5, 0.6) is 0 Å². The summed E-state index contributed by atoms with van der Waals surface area (Å²) in [4.78, 5) is 39.4. The molecule has 1 unspecified atom stereocenters. The molecule has 1 aliphatic heterocycles. The van der Waals surface area contributed by atoms with Crippen LogP contribution in [0.3, 0.4) is 0 Å². The molecule has 154 valence electrons. The highest BCUT2D eigenvalue weighted by molar-refractivity contribution is 6.31. The van der Waals surface area contributed by atoms with Gasteiger partial charge in [-0.3, -0.25) is 4.90 Å². The van der Waals surface area contributed by atoms with Crippen LogP contribution in [0.25, 0.3) is 0 Å². The lowest BCUT2D eigenvalue weighted by molar-refractivity contribution is 0.0596. The van der Waals surface area contributed by atoms with Crippen molar-refractivity contribution in [2.75, 3.05) is 22.7 Å². The molecule has 10 heteroatoms. The first-order chi connectivity index (χ1) is 13.7. The summed E-state index contributed by atoms with van der Waals surface area (Å²) < 4.78 is 0. The molecule has 2 aromatic rings. The van der Waals surface area contributed by atoms with E-state index in [1.165, 1.54) is 11.1 Å². The molecule has 2 heterocycles. The molecule has 0 spiro atoms. The minimum Gasteiger partial charge on any atom is -0.383 e. The Bertz CT molecular complexity index is 954. The first-order valence-electron chi connectivity index (χ1n) is 9.18. The monoisotopic (exact) mass is 418 g/mol. The summed E-state index contributed by atoms with van der Waals surface area (Å²) in [6, 6.07) is 4.88. The van der Waals surface area contributed by atoms with Gasteiger partial charge in [0.05, 0.1) is 17.8 Å². The van der Waals surface area contributed by atoms with E-state index in [2.05, 4.69) is 20.8 Å². The molecule has 2 amide bonds. The van der Waals surface area contributed by atoms with Crippen molar-refractivity contribution in [1.82, 2.24) is 15.3 Å². The summed E-state index contributed by atoms with van der Waals surface area (Å²) >= 11 is 6.04. The first kappa shape index (κ1) is 20.7. The summed E-state index contributed by atoms with van der Waals surface area (Å²) in [7, 11) is 0. The third kappa shape index (κ3) is 4.34. The van der Waals surface area contributed by atoms with Crippen LogP contribution in [-0.2, 0) is 4.84 Å². The van der Waals surface area contributed by atoms with Gasteiger partial charge in [0, 0.05) is 11.2 Å². The number of nitrogens with zero attached hydrogens (tertiary/aromatic N) is 3. The highest BCUT2D eigenvalue weighted by atomic mass is 35.5. The molecule has 1 aromatic heterocycles. The number of amides is 2. The molecule has 9 nitrogen and oxygen atoms in total. The minimum absolute atomic E-state index is 0.0168. The number of nitrogen functional groups attached to an aromatic ring is 1. The van der Waals surface area contributed by atoms with E-state index in [9.17, 15) is 9.59 Å². The number of hydrogen-bond acceptors (Lipinski definition) is 7. The van der Waals surface area contributed by atoms with E-state index in [-0.39, 0.29) is 28.9 Å². The summed E-state index contributed by atoms with van der Waals surface area (Å²) in [6.45, 7) is 6.22. The third-order valence-corrected chi connectivity index (χ3v) is 5.16. The lowest BCUT2D eigenvalue weighted by Gasteiger charge is -2.22. The van der Waals surface area contributed by atoms with Gasteiger partial charge >= 0.3 is 12.0 Å². The standard InChI is InChI=1S/C19H23ClN6O3/c1-4-8-19(3)10-26(18(28)24-19)17-22-9-12(15(21)23-17)16(27)29-25-14-7-5-6-13(20)11(14)2/h5-7,9,25H,4,8,10H2,1-3H3,(H,24,28)(H2,21,22,23). The number of benzene rings is 1. The van der Waals surface area contributed by atoms with E-state index >= 15 is 0 Å². The van der Waals surface area contributed by atoms with E-state index in [1.807, 2.05) is 13.8 Å². The van der Waals surface area contributed by atoms with Crippen molar-refractivity contribution in [1.29, 1.82) is 0 Å². The summed E-state index contributed by atoms with van der Waals surface area (Å²) in [5.41, 5.74) is 9.39. The predicted octanol–water partition coefficient (Wildman–Crippen LogP) is 3.29. The normalized spacial score (nSPS) is 18.5. The zero-order chi connectivity index (χ0) is 21.2. The largest absolute Gasteiger partial charge is 0.383 e. The fourth-order valence-corrected chi connectivity index (χ4v) is 3.36. The topological polar surface area (TPSA) is 122 Å². The molecule has 3 rings (SSSR count). The maximum Gasteiger partial charge on any atom is 0.368 e. The molecule has 4 N–H and O–H groups in total. The van der Waals surface area contributed by atoms with Gasteiger partial charge in [0.1, 0.15) is 11.4 Å². The molecular weight excluding hydrogens is 396 g/mol. The lowest BCUT2D eigenvalue weighted by atomic mass is 9.98. The molecule has 1 aliphatic rings. The van der Waals surface area contributed by atoms with Crippen molar-refractivity contribution in [2.24, 2.45) is 0 Å². The van der Waals surface area contributed by atoms with Gasteiger partial charge in [-0.1, -0.05) is 31.0 Å². The maximum absolute atomic E-state index is 12.3. The Balaban J connectivity index is 1.71. The van der Waals surface area contributed by atoms with Crippen molar-refractivity contribution in [3.05, 3.63) is 40.5 Å². The predicted molar refractivity (Wildman–Crippen MR) is 111 cm³/mol. The summed E-state index contributed by atoms with van der Waals surface area (Å²) in [5, 5.41) is 3.48. The Kier molecular flexibility index (Phi) is 5.78. The van der Waals surface area contributed by atoms with Crippen LogP contribution >= 0.6 is 11.6 Å². The molecule has 0 bridgehead atoms. The number of rotatable bonds is 6. The van der Waals surface area contributed by atoms with Crippen molar-refractivity contribution < 1.29 is 14.4 Å². The fraction of sp³-hybridized carbons (Fsp3) is 0.368. The van der Waals surface area contributed by atoms with Crippen LogP contribution in [0.4, 0.5) is 22.2 Å². The SMILES string of the molecule is CCCC1(C)CN(c2ncc(C(=O)ONc3cccc(Cl)c3C)c(N)n2)C(=O)N1. The Morgan fingerprint density at radius 2 is 2.24 bits per heavy atom. The first-order valence-corrected chi connectivity index (χ1v) is 9.56. The zero-order valence-corrected chi connectivity index (χ0v) is 17.2. The van der Waals surface area contributed by atoms with E-state index in [0.717, 1.165) is 18.4 Å². The second-order valence-corrected chi connectivity index (χ2v) is 7.61. The van der Waals surface area contributed by atoms with Crippen molar-refractivity contribution in [2.45, 2.75) is 39.2 Å². The molecular formula is C19H23ClN6O3. The van der Waals surface area contributed by atoms with Gasteiger partial charge in [-0.15, -0.1) is 0 Å². The third-order valence-electron chi connectivity index (χ3n) is 4.75. The number of nitrogens with two attached hydrogens (primary N) is 1. The Morgan fingerprint density at radius 1 is 1.48 bits per heavy atom. The average Bonchev–Trinajstić information content (AvgIpc) is 2.97. The fourth-order valence-electron chi connectivity index (χ4n) is 3.19. The van der Waals surface area contributed by atoms with E-state index in [4.69, 9.17) is 22.2 Å². The van der Waals surface area contributed by atoms with Gasteiger partial charge < -0.3 is 15.9 Å². The highest BCUT2D eigenvalue weighted by Gasteiger charge is 2.40. The van der Waals surface area contributed by atoms with Gasteiger partial charge in [-0.05, 0) is 38.0 Å². The van der Waals surface area contributed by atoms with Crippen LogP contribution in [0.15, 0.2) is 24.4 Å².